The average molecular weight is 177 g/mol. The summed E-state index contributed by atoms with van der Waals surface area (Å²) in [6.45, 7) is 3.96. The van der Waals surface area contributed by atoms with E-state index in [2.05, 4.69) is 6.92 Å². The Bertz CT molecular complexity index is 106. The molecule has 0 aromatic carbocycles. The van der Waals surface area contributed by atoms with Gasteiger partial charge in [0, 0.05) is 12.0 Å². The number of halogens is 1. The zero-order valence-corrected chi connectivity index (χ0v) is 7.94. The van der Waals surface area contributed by atoms with Gasteiger partial charge in [0.2, 0.25) is 0 Å². The molecule has 11 heavy (non-hydrogen) atoms. The molecule has 2 unspecified atom stereocenters. The lowest BCUT2D eigenvalue weighted by Gasteiger charge is -2.26. The van der Waals surface area contributed by atoms with E-state index in [1.54, 1.807) is 0 Å². The highest BCUT2D eigenvalue weighted by Crippen LogP contribution is 2.24. The van der Waals surface area contributed by atoms with Crippen molar-refractivity contribution >= 4 is 11.6 Å². The number of hydrogen-bond donors (Lipinski definition) is 0. The Morgan fingerprint density at radius 1 is 1.55 bits per heavy atom. The van der Waals surface area contributed by atoms with Crippen molar-refractivity contribution in [2.75, 3.05) is 13.2 Å². The monoisotopic (exact) mass is 176 g/mol. The Morgan fingerprint density at radius 3 is 3.00 bits per heavy atom. The van der Waals surface area contributed by atoms with Crippen LogP contribution in [0.4, 0.5) is 0 Å². The molecular formula is C9H17ClO. The lowest BCUT2D eigenvalue weighted by Crippen LogP contribution is -2.27. The first-order chi connectivity index (χ1) is 5.34. The Morgan fingerprint density at radius 2 is 2.36 bits per heavy atom. The second kappa shape index (κ2) is 5.00. The molecule has 2 heteroatoms. The van der Waals surface area contributed by atoms with Gasteiger partial charge in [0.25, 0.3) is 0 Å². The highest BCUT2D eigenvalue weighted by atomic mass is 35.5. The van der Waals surface area contributed by atoms with Crippen LogP contribution in [0.15, 0.2) is 0 Å². The Kier molecular flexibility index (Phi) is 4.24. The van der Waals surface area contributed by atoms with Crippen molar-refractivity contribution in [1.29, 1.82) is 0 Å². The lowest BCUT2D eigenvalue weighted by molar-refractivity contribution is 0.0537. The van der Waals surface area contributed by atoms with Crippen LogP contribution < -0.4 is 0 Å². The summed E-state index contributed by atoms with van der Waals surface area (Å²) < 4.78 is 5.37. The van der Waals surface area contributed by atoms with Crippen molar-refractivity contribution in [2.24, 2.45) is 5.92 Å². The Hall–Kier alpha value is 0.250. The first-order valence-corrected chi connectivity index (χ1v) is 5.00. The first-order valence-electron chi connectivity index (χ1n) is 4.56. The summed E-state index contributed by atoms with van der Waals surface area (Å²) in [7, 11) is 0. The third-order valence-electron chi connectivity index (χ3n) is 2.31. The maximum absolute atomic E-state index is 6.14. The molecule has 0 spiro atoms. The van der Waals surface area contributed by atoms with E-state index in [4.69, 9.17) is 16.3 Å². The van der Waals surface area contributed by atoms with Crippen LogP contribution >= 0.6 is 11.6 Å². The predicted molar refractivity (Wildman–Crippen MR) is 48.1 cm³/mol. The number of alkyl halides is 1. The molecule has 0 bridgehead atoms. The minimum atomic E-state index is 0.371. The molecule has 0 aromatic heterocycles. The van der Waals surface area contributed by atoms with Gasteiger partial charge in [0.15, 0.2) is 0 Å². The fourth-order valence-corrected chi connectivity index (χ4v) is 1.79. The Labute approximate surface area is 74.1 Å². The van der Waals surface area contributed by atoms with Crippen molar-refractivity contribution < 1.29 is 4.74 Å². The lowest BCUT2D eigenvalue weighted by atomic mass is 9.96. The molecule has 1 fully saturated rings. The van der Waals surface area contributed by atoms with E-state index in [9.17, 15) is 0 Å². The fourth-order valence-electron chi connectivity index (χ4n) is 1.50. The molecule has 1 saturated heterocycles. The van der Waals surface area contributed by atoms with Crippen molar-refractivity contribution in [2.45, 2.75) is 38.0 Å². The molecule has 0 N–H and O–H groups in total. The van der Waals surface area contributed by atoms with Gasteiger partial charge >= 0.3 is 0 Å². The van der Waals surface area contributed by atoms with Crippen LogP contribution in [0.25, 0.3) is 0 Å². The van der Waals surface area contributed by atoms with E-state index in [0.29, 0.717) is 11.3 Å². The van der Waals surface area contributed by atoms with Gasteiger partial charge in [-0.3, -0.25) is 0 Å². The second-order valence-corrected chi connectivity index (χ2v) is 3.84. The largest absolute Gasteiger partial charge is 0.381 e. The summed E-state index contributed by atoms with van der Waals surface area (Å²) >= 11 is 6.14. The molecule has 1 aliphatic heterocycles. The topological polar surface area (TPSA) is 9.23 Å². The molecular weight excluding hydrogens is 160 g/mol. The van der Waals surface area contributed by atoms with Crippen molar-refractivity contribution in [3.63, 3.8) is 0 Å². The van der Waals surface area contributed by atoms with Gasteiger partial charge in [-0.2, -0.15) is 0 Å². The standard InChI is InChI=1S/C9H17ClO/c1-2-3-4-8-7-11-6-5-9(8)10/h8-9H,2-7H2,1H3. The van der Waals surface area contributed by atoms with Crippen LogP contribution in [-0.2, 0) is 4.74 Å². The molecule has 1 heterocycles. The minimum absolute atomic E-state index is 0.371. The second-order valence-electron chi connectivity index (χ2n) is 3.28. The van der Waals surface area contributed by atoms with Crippen LogP contribution in [0.1, 0.15) is 32.6 Å². The average Bonchev–Trinajstić information content (AvgIpc) is 2.03. The maximum atomic E-state index is 6.14. The van der Waals surface area contributed by atoms with Crippen LogP contribution in [-0.4, -0.2) is 18.6 Å². The molecule has 0 radical (unpaired) electrons. The molecule has 66 valence electrons. The quantitative estimate of drug-likeness (QED) is 0.601. The summed E-state index contributed by atoms with van der Waals surface area (Å²) in [5, 5.41) is 0.371. The molecule has 0 saturated carbocycles. The molecule has 0 aromatic rings. The van der Waals surface area contributed by atoms with Gasteiger partial charge < -0.3 is 4.74 Å². The molecule has 1 rings (SSSR count). The smallest absolute Gasteiger partial charge is 0.0508 e. The summed E-state index contributed by atoms with van der Waals surface area (Å²) in [4.78, 5) is 0. The summed E-state index contributed by atoms with van der Waals surface area (Å²) in [5.74, 6) is 0.616. The van der Waals surface area contributed by atoms with Crippen LogP contribution in [0, 0.1) is 5.92 Å². The molecule has 2 atom stereocenters. The van der Waals surface area contributed by atoms with E-state index in [0.717, 1.165) is 19.6 Å². The zero-order valence-electron chi connectivity index (χ0n) is 7.18. The molecule has 1 aliphatic rings. The maximum Gasteiger partial charge on any atom is 0.0508 e. The third-order valence-corrected chi connectivity index (χ3v) is 2.88. The molecule has 0 aliphatic carbocycles. The van der Waals surface area contributed by atoms with Gasteiger partial charge in [-0.15, -0.1) is 11.6 Å². The van der Waals surface area contributed by atoms with Gasteiger partial charge in [0.05, 0.1) is 6.61 Å². The number of ether oxygens (including phenoxy) is 1. The number of unbranched alkanes of at least 4 members (excludes halogenated alkanes) is 1. The van der Waals surface area contributed by atoms with Crippen LogP contribution in [0.2, 0.25) is 0 Å². The number of rotatable bonds is 3. The summed E-state index contributed by atoms with van der Waals surface area (Å²) in [6, 6.07) is 0. The molecule has 1 nitrogen and oxygen atoms in total. The highest BCUT2D eigenvalue weighted by molar-refractivity contribution is 6.20. The third kappa shape index (κ3) is 3.00. The first kappa shape index (κ1) is 9.34. The van der Waals surface area contributed by atoms with E-state index < -0.39 is 0 Å². The fraction of sp³-hybridized carbons (Fsp3) is 1.00. The van der Waals surface area contributed by atoms with E-state index in [1.807, 2.05) is 0 Å². The van der Waals surface area contributed by atoms with Gasteiger partial charge in [-0.05, 0) is 18.8 Å². The van der Waals surface area contributed by atoms with E-state index in [1.165, 1.54) is 19.3 Å². The van der Waals surface area contributed by atoms with Crippen molar-refractivity contribution in [1.82, 2.24) is 0 Å². The molecule has 0 amide bonds. The van der Waals surface area contributed by atoms with Crippen molar-refractivity contribution in [3.8, 4) is 0 Å². The van der Waals surface area contributed by atoms with Crippen LogP contribution in [0.3, 0.4) is 0 Å². The minimum Gasteiger partial charge on any atom is -0.381 e. The summed E-state index contributed by atoms with van der Waals surface area (Å²) in [6.07, 6.45) is 4.83. The number of hydrogen-bond acceptors (Lipinski definition) is 1. The van der Waals surface area contributed by atoms with Crippen molar-refractivity contribution in [3.05, 3.63) is 0 Å². The van der Waals surface area contributed by atoms with Gasteiger partial charge in [-0.1, -0.05) is 19.8 Å². The highest BCUT2D eigenvalue weighted by Gasteiger charge is 2.22. The zero-order chi connectivity index (χ0) is 8.10. The predicted octanol–water partition coefficient (Wildman–Crippen LogP) is 2.82. The van der Waals surface area contributed by atoms with E-state index >= 15 is 0 Å². The van der Waals surface area contributed by atoms with Gasteiger partial charge in [0.1, 0.15) is 0 Å². The summed E-state index contributed by atoms with van der Waals surface area (Å²) in [5.41, 5.74) is 0. The SMILES string of the molecule is CCCCC1COCCC1Cl. The Balaban J connectivity index is 2.18. The van der Waals surface area contributed by atoms with Gasteiger partial charge in [-0.25, -0.2) is 0 Å². The normalized spacial score (nSPS) is 32.2. The van der Waals surface area contributed by atoms with Crippen LogP contribution in [0.5, 0.6) is 0 Å². The van der Waals surface area contributed by atoms with E-state index in [-0.39, 0.29) is 0 Å².